The van der Waals surface area contributed by atoms with Crippen LogP contribution >= 0.6 is 0 Å². The number of carbonyl (C=O) groups excluding carboxylic acids is 2. The fraction of sp³-hybridized carbons (Fsp3) is 0.250. The molecule has 3 rings (SSSR count). The summed E-state index contributed by atoms with van der Waals surface area (Å²) in [5.74, 6) is -1.99. The molecular formula is C24H26N2O7. The number of aromatic hydroxyl groups is 4. The van der Waals surface area contributed by atoms with Crippen molar-refractivity contribution in [3.63, 3.8) is 0 Å². The molecule has 0 aromatic heterocycles. The highest BCUT2D eigenvalue weighted by Crippen LogP contribution is 2.26. The van der Waals surface area contributed by atoms with Crippen LogP contribution in [0, 0.1) is 0 Å². The molecule has 2 aromatic rings. The molecule has 2 aromatic carbocycles. The maximum absolute atomic E-state index is 12.3. The van der Waals surface area contributed by atoms with Gasteiger partial charge in [0.1, 0.15) is 0 Å². The number of rotatable bonds is 6. The van der Waals surface area contributed by atoms with Gasteiger partial charge < -0.3 is 36.2 Å². The van der Waals surface area contributed by atoms with E-state index in [4.69, 9.17) is 0 Å². The smallest absolute Gasteiger partial charge is 0.244 e. The van der Waals surface area contributed by atoms with Crippen LogP contribution in [0.3, 0.4) is 0 Å². The van der Waals surface area contributed by atoms with Gasteiger partial charge in [0.25, 0.3) is 0 Å². The molecule has 2 amide bonds. The molecule has 174 valence electrons. The predicted molar refractivity (Wildman–Crippen MR) is 121 cm³/mol. The third-order valence-corrected chi connectivity index (χ3v) is 5.36. The Bertz CT molecular complexity index is 997. The number of aliphatic hydroxyl groups is 1. The zero-order chi connectivity index (χ0) is 24.0. The summed E-state index contributed by atoms with van der Waals surface area (Å²) in [6.45, 7) is 0. The maximum Gasteiger partial charge on any atom is 0.244 e. The lowest BCUT2D eigenvalue weighted by atomic mass is 9.88. The summed E-state index contributed by atoms with van der Waals surface area (Å²) in [7, 11) is 0. The van der Waals surface area contributed by atoms with Gasteiger partial charge in [0.05, 0.1) is 18.2 Å². The number of aliphatic hydroxyl groups excluding tert-OH is 1. The van der Waals surface area contributed by atoms with E-state index in [-0.39, 0.29) is 23.0 Å². The summed E-state index contributed by atoms with van der Waals surface area (Å²) in [6.07, 6.45) is 6.27. The van der Waals surface area contributed by atoms with Crippen molar-refractivity contribution in [3.8, 4) is 23.0 Å². The highest BCUT2D eigenvalue weighted by molar-refractivity contribution is 5.93. The highest BCUT2D eigenvalue weighted by Gasteiger charge is 2.33. The van der Waals surface area contributed by atoms with Gasteiger partial charge in [0, 0.05) is 12.2 Å². The van der Waals surface area contributed by atoms with E-state index in [1.807, 2.05) is 0 Å². The molecule has 9 nitrogen and oxygen atoms in total. The average molecular weight is 454 g/mol. The Balaban J connectivity index is 1.54. The average Bonchev–Trinajstić information content (AvgIpc) is 2.78. The number of hydrogen-bond donors (Lipinski definition) is 7. The van der Waals surface area contributed by atoms with Gasteiger partial charge in [-0.05, 0) is 66.8 Å². The predicted octanol–water partition coefficient (Wildman–Crippen LogP) is 1.75. The van der Waals surface area contributed by atoms with Gasteiger partial charge in [-0.1, -0.05) is 12.1 Å². The quantitative estimate of drug-likeness (QED) is 0.259. The van der Waals surface area contributed by atoms with Crippen molar-refractivity contribution in [2.24, 2.45) is 0 Å². The van der Waals surface area contributed by atoms with Crippen molar-refractivity contribution in [2.75, 3.05) is 0 Å². The van der Waals surface area contributed by atoms with E-state index in [0.717, 1.165) is 0 Å². The van der Waals surface area contributed by atoms with E-state index in [2.05, 4.69) is 10.6 Å². The Kier molecular flexibility index (Phi) is 7.57. The summed E-state index contributed by atoms with van der Waals surface area (Å²) in [6, 6.07) is 7.22. The Labute approximate surface area is 190 Å². The number of carbonyl (C=O) groups is 2. The second kappa shape index (κ2) is 10.6. The largest absolute Gasteiger partial charge is 0.504 e. The Morgan fingerprint density at radius 3 is 1.55 bits per heavy atom. The molecule has 1 aliphatic carbocycles. The van der Waals surface area contributed by atoms with E-state index < -0.39 is 30.0 Å². The maximum atomic E-state index is 12.3. The first kappa shape index (κ1) is 23.7. The molecule has 0 spiro atoms. The molecule has 1 saturated carbocycles. The number of benzene rings is 2. The molecule has 0 radical (unpaired) electrons. The number of phenols is 4. The number of nitrogens with one attached hydrogen (secondary N) is 2. The summed E-state index contributed by atoms with van der Waals surface area (Å²) < 4.78 is 0. The van der Waals surface area contributed by atoms with Crippen LogP contribution in [0.15, 0.2) is 48.6 Å². The first-order valence-corrected chi connectivity index (χ1v) is 10.4. The minimum atomic E-state index is -0.983. The summed E-state index contributed by atoms with van der Waals surface area (Å²) in [5, 5.41) is 53.8. The zero-order valence-corrected chi connectivity index (χ0v) is 17.7. The first-order valence-electron chi connectivity index (χ1n) is 10.4. The normalized spacial score (nSPS) is 20.7. The van der Waals surface area contributed by atoms with Crippen molar-refractivity contribution < 1.29 is 35.1 Å². The van der Waals surface area contributed by atoms with Gasteiger partial charge in [0.2, 0.25) is 11.8 Å². The monoisotopic (exact) mass is 454 g/mol. The van der Waals surface area contributed by atoms with E-state index in [1.54, 1.807) is 0 Å². The van der Waals surface area contributed by atoms with Crippen LogP contribution in [0.5, 0.6) is 23.0 Å². The van der Waals surface area contributed by atoms with Crippen molar-refractivity contribution in [1.82, 2.24) is 10.6 Å². The zero-order valence-electron chi connectivity index (χ0n) is 17.7. The topological polar surface area (TPSA) is 159 Å². The molecule has 33 heavy (non-hydrogen) atoms. The molecule has 0 bridgehead atoms. The lowest BCUT2D eigenvalue weighted by molar-refractivity contribution is -0.119. The van der Waals surface area contributed by atoms with Crippen LogP contribution in [0.25, 0.3) is 12.2 Å². The fourth-order valence-electron chi connectivity index (χ4n) is 3.59. The number of amides is 2. The lowest BCUT2D eigenvalue weighted by Crippen LogP contribution is -2.56. The van der Waals surface area contributed by atoms with Gasteiger partial charge in [-0.15, -0.1) is 0 Å². The van der Waals surface area contributed by atoms with Crippen LogP contribution in [0.1, 0.15) is 30.4 Å². The molecule has 0 aliphatic heterocycles. The van der Waals surface area contributed by atoms with Crippen molar-refractivity contribution >= 4 is 24.0 Å². The number of phenolic OH excluding ortho intramolecular Hbond substituents is 4. The number of hydrogen-bond acceptors (Lipinski definition) is 7. The Morgan fingerprint density at radius 1 is 0.727 bits per heavy atom. The van der Waals surface area contributed by atoms with Gasteiger partial charge >= 0.3 is 0 Å². The molecule has 1 fully saturated rings. The SMILES string of the molecule is O=C(C=Cc1ccc(O)c(O)c1)N[C@@H]1CCC[C@@H](NC(=O)C=Cc2ccc(O)c(O)c2)C1O. The van der Waals surface area contributed by atoms with Crippen LogP contribution < -0.4 is 10.6 Å². The second-order valence-corrected chi connectivity index (χ2v) is 7.81. The molecule has 2 atom stereocenters. The van der Waals surface area contributed by atoms with Gasteiger partial charge in [0.15, 0.2) is 23.0 Å². The van der Waals surface area contributed by atoms with Crippen molar-refractivity contribution in [2.45, 2.75) is 37.5 Å². The molecule has 7 N–H and O–H groups in total. The Morgan fingerprint density at radius 2 is 1.15 bits per heavy atom. The first-order chi connectivity index (χ1) is 15.7. The van der Waals surface area contributed by atoms with E-state index in [9.17, 15) is 35.1 Å². The Hall–Kier alpha value is -3.98. The molecular weight excluding hydrogens is 428 g/mol. The fourth-order valence-corrected chi connectivity index (χ4v) is 3.59. The lowest BCUT2D eigenvalue weighted by Gasteiger charge is -2.35. The molecule has 1 aliphatic rings. The molecule has 0 unspecified atom stereocenters. The van der Waals surface area contributed by atoms with Crippen LogP contribution in [-0.4, -0.2) is 55.5 Å². The molecule has 9 heteroatoms. The molecule has 0 saturated heterocycles. The second-order valence-electron chi connectivity index (χ2n) is 7.81. The van der Waals surface area contributed by atoms with Crippen molar-refractivity contribution in [3.05, 3.63) is 59.7 Å². The van der Waals surface area contributed by atoms with E-state index in [1.165, 1.54) is 60.7 Å². The van der Waals surface area contributed by atoms with Crippen LogP contribution in [0.4, 0.5) is 0 Å². The van der Waals surface area contributed by atoms with Crippen LogP contribution in [0.2, 0.25) is 0 Å². The van der Waals surface area contributed by atoms with Crippen LogP contribution in [-0.2, 0) is 9.59 Å². The van der Waals surface area contributed by atoms with Crippen molar-refractivity contribution in [1.29, 1.82) is 0 Å². The van der Waals surface area contributed by atoms with Gasteiger partial charge in [-0.3, -0.25) is 9.59 Å². The highest BCUT2D eigenvalue weighted by atomic mass is 16.3. The molecule has 0 heterocycles. The van der Waals surface area contributed by atoms with E-state index >= 15 is 0 Å². The third kappa shape index (κ3) is 6.50. The van der Waals surface area contributed by atoms with Gasteiger partial charge in [-0.25, -0.2) is 0 Å². The third-order valence-electron chi connectivity index (χ3n) is 5.36. The standard InChI is InChI=1S/C24H26N2O7/c27-18-8-4-14(12-20(18)29)6-10-22(31)25-16-2-1-3-17(24(16)33)26-23(32)11-7-15-5-9-19(28)21(30)13-15/h4-13,16-17,24,27-30,33H,1-3H2,(H,25,31)(H,26,32)/t16-,17-,24?/m1/s1. The summed E-state index contributed by atoms with van der Waals surface area (Å²) in [5.41, 5.74) is 1.03. The minimum absolute atomic E-state index is 0.258. The minimum Gasteiger partial charge on any atom is -0.504 e. The van der Waals surface area contributed by atoms with E-state index in [0.29, 0.717) is 30.4 Å². The van der Waals surface area contributed by atoms with Gasteiger partial charge in [-0.2, -0.15) is 0 Å². The summed E-state index contributed by atoms with van der Waals surface area (Å²) >= 11 is 0. The summed E-state index contributed by atoms with van der Waals surface area (Å²) in [4.78, 5) is 24.5.